The average Bonchev–Trinajstić information content (AvgIpc) is 2.62. The van der Waals surface area contributed by atoms with E-state index >= 15 is 0 Å². The van der Waals surface area contributed by atoms with Gasteiger partial charge >= 0.3 is 0 Å². The molecule has 0 radical (unpaired) electrons. The molecule has 0 aliphatic heterocycles. The molecule has 3 heteroatoms. The molecule has 0 saturated carbocycles. The monoisotopic (exact) mass is 192 g/mol. The molecule has 13 heavy (non-hydrogen) atoms. The highest BCUT2D eigenvalue weighted by Crippen LogP contribution is 2.24. The smallest absolute Gasteiger partial charge is 0.293 e. The predicted octanol–water partition coefficient (Wildman–Crippen LogP) is 2.57. The minimum Gasteiger partial charge on any atom is -0.463 e. The molecular weight excluding hydrogens is 184 g/mol. The Morgan fingerprint density at radius 3 is 3.15 bits per heavy atom. The number of carbonyl (C=O) groups is 1. The van der Waals surface area contributed by atoms with Crippen molar-refractivity contribution in [2.24, 2.45) is 0 Å². The summed E-state index contributed by atoms with van der Waals surface area (Å²) in [5.41, 5.74) is 1.06. The number of thiophene rings is 1. The van der Waals surface area contributed by atoms with E-state index in [2.05, 4.69) is 6.07 Å². The second kappa shape index (κ2) is 3.58. The molecule has 1 heterocycles. The summed E-state index contributed by atoms with van der Waals surface area (Å²) in [7, 11) is 0. The third-order valence-corrected chi connectivity index (χ3v) is 2.78. The van der Waals surface area contributed by atoms with Gasteiger partial charge in [0.15, 0.2) is 0 Å². The van der Waals surface area contributed by atoms with Gasteiger partial charge in [0.25, 0.3) is 6.47 Å². The van der Waals surface area contributed by atoms with E-state index in [0.717, 1.165) is 5.56 Å². The molecule has 0 atom stereocenters. The lowest BCUT2D eigenvalue weighted by Gasteiger charge is -2.00. The van der Waals surface area contributed by atoms with E-state index in [1.165, 1.54) is 10.1 Å². The number of hydrogen-bond donors (Lipinski definition) is 0. The average molecular weight is 192 g/mol. The highest BCUT2D eigenvalue weighted by atomic mass is 32.1. The molecular formula is C10H8O2S. The van der Waals surface area contributed by atoms with E-state index in [1.807, 2.05) is 23.6 Å². The van der Waals surface area contributed by atoms with Gasteiger partial charge in [0.05, 0.1) is 0 Å². The summed E-state index contributed by atoms with van der Waals surface area (Å²) in [4.78, 5) is 10.0. The fourth-order valence-electron chi connectivity index (χ4n) is 1.31. The molecule has 1 aromatic carbocycles. The Balaban J connectivity index is 2.42. The van der Waals surface area contributed by atoms with Gasteiger partial charge in [-0.2, -0.15) is 0 Å². The number of fused-ring (bicyclic) bond motifs is 1. The van der Waals surface area contributed by atoms with Gasteiger partial charge in [-0.3, -0.25) is 4.79 Å². The first-order valence-corrected chi connectivity index (χ1v) is 4.80. The van der Waals surface area contributed by atoms with Crippen LogP contribution < -0.4 is 0 Å². The highest BCUT2D eigenvalue weighted by Gasteiger charge is 2.00. The first kappa shape index (κ1) is 8.26. The van der Waals surface area contributed by atoms with Crippen molar-refractivity contribution in [1.29, 1.82) is 0 Å². The summed E-state index contributed by atoms with van der Waals surface area (Å²) in [5, 5.41) is 3.21. The van der Waals surface area contributed by atoms with Crippen molar-refractivity contribution in [3.05, 3.63) is 35.2 Å². The second-order valence-corrected chi connectivity index (χ2v) is 3.60. The quantitative estimate of drug-likeness (QED) is 0.698. The first-order chi connectivity index (χ1) is 6.42. The summed E-state index contributed by atoms with van der Waals surface area (Å²) in [6, 6.07) is 8.05. The maximum atomic E-state index is 10.0. The van der Waals surface area contributed by atoms with Crippen molar-refractivity contribution >= 4 is 27.9 Å². The van der Waals surface area contributed by atoms with Gasteiger partial charge in [-0.05, 0) is 28.5 Å². The Bertz CT molecular complexity index is 420. The van der Waals surface area contributed by atoms with Crippen molar-refractivity contribution in [3.63, 3.8) is 0 Å². The standard InChI is InChI=1S/C10H8O2S/c11-7-12-6-8-2-1-3-10-9(8)4-5-13-10/h1-5,7H,6H2. The molecule has 2 rings (SSSR count). The lowest BCUT2D eigenvalue weighted by Crippen LogP contribution is -1.89. The Morgan fingerprint density at radius 2 is 2.31 bits per heavy atom. The largest absolute Gasteiger partial charge is 0.463 e. The van der Waals surface area contributed by atoms with Crippen molar-refractivity contribution in [3.8, 4) is 0 Å². The van der Waals surface area contributed by atoms with Crippen LogP contribution in [0.1, 0.15) is 5.56 Å². The molecule has 0 aliphatic carbocycles. The van der Waals surface area contributed by atoms with Gasteiger partial charge in [0.1, 0.15) is 6.61 Å². The summed E-state index contributed by atoms with van der Waals surface area (Å²) >= 11 is 1.69. The van der Waals surface area contributed by atoms with Crippen molar-refractivity contribution in [1.82, 2.24) is 0 Å². The van der Waals surface area contributed by atoms with Crippen LogP contribution in [0.15, 0.2) is 29.6 Å². The lowest BCUT2D eigenvalue weighted by atomic mass is 10.1. The topological polar surface area (TPSA) is 26.3 Å². The number of benzene rings is 1. The van der Waals surface area contributed by atoms with Crippen LogP contribution in [0.25, 0.3) is 10.1 Å². The minimum absolute atomic E-state index is 0.359. The van der Waals surface area contributed by atoms with Crippen LogP contribution in [0, 0.1) is 0 Å². The fourth-order valence-corrected chi connectivity index (χ4v) is 2.14. The highest BCUT2D eigenvalue weighted by molar-refractivity contribution is 7.17. The van der Waals surface area contributed by atoms with Crippen LogP contribution in [-0.2, 0) is 16.1 Å². The van der Waals surface area contributed by atoms with Crippen LogP contribution >= 0.6 is 11.3 Å². The molecule has 0 saturated heterocycles. The second-order valence-electron chi connectivity index (χ2n) is 2.66. The Kier molecular flexibility index (Phi) is 2.27. The van der Waals surface area contributed by atoms with Crippen LogP contribution in [0.3, 0.4) is 0 Å². The first-order valence-electron chi connectivity index (χ1n) is 3.92. The third-order valence-electron chi connectivity index (χ3n) is 1.89. The van der Waals surface area contributed by atoms with E-state index in [9.17, 15) is 4.79 Å². The number of hydrogen-bond acceptors (Lipinski definition) is 3. The number of ether oxygens (including phenoxy) is 1. The lowest BCUT2D eigenvalue weighted by molar-refractivity contribution is -0.129. The van der Waals surface area contributed by atoms with Gasteiger partial charge < -0.3 is 4.74 Å². The van der Waals surface area contributed by atoms with Crippen LogP contribution in [0.2, 0.25) is 0 Å². The summed E-state index contributed by atoms with van der Waals surface area (Å²) < 4.78 is 5.95. The normalized spacial score (nSPS) is 10.2. The van der Waals surface area contributed by atoms with E-state index in [-0.39, 0.29) is 0 Å². The number of carbonyl (C=O) groups excluding carboxylic acids is 1. The molecule has 0 fully saturated rings. The molecule has 0 unspecified atom stereocenters. The van der Waals surface area contributed by atoms with E-state index in [4.69, 9.17) is 4.74 Å². The van der Waals surface area contributed by atoms with E-state index in [1.54, 1.807) is 11.3 Å². The van der Waals surface area contributed by atoms with Crippen LogP contribution in [0.5, 0.6) is 0 Å². The molecule has 0 N–H and O–H groups in total. The maximum Gasteiger partial charge on any atom is 0.293 e. The third kappa shape index (κ3) is 1.55. The van der Waals surface area contributed by atoms with Crippen molar-refractivity contribution in [2.45, 2.75) is 6.61 Å². The fraction of sp³-hybridized carbons (Fsp3) is 0.100. The van der Waals surface area contributed by atoms with Gasteiger partial charge in [-0.15, -0.1) is 11.3 Å². The zero-order valence-electron chi connectivity index (χ0n) is 6.90. The van der Waals surface area contributed by atoms with Gasteiger partial charge in [0.2, 0.25) is 0 Å². The number of rotatable bonds is 3. The molecule has 0 aliphatic rings. The molecule has 66 valence electrons. The molecule has 0 spiro atoms. The summed E-state index contributed by atoms with van der Waals surface area (Å²) in [6.07, 6.45) is 0. The Hall–Kier alpha value is -1.35. The van der Waals surface area contributed by atoms with Crippen LogP contribution in [-0.4, -0.2) is 6.47 Å². The molecule has 1 aromatic heterocycles. The zero-order chi connectivity index (χ0) is 9.10. The Morgan fingerprint density at radius 1 is 1.38 bits per heavy atom. The SMILES string of the molecule is O=COCc1cccc2sccc12. The maximum absolute atomic E-state index is 10.0. The minimum atomic E-state index is 0.359. The van der Waals surface area contributed by atoms with Crippen molar-refractivity contribution in [2.75, 3.05) is 0 Å². The summed E-state index contributed by atoms with van der Waals surface area (Å²) in [5.74, 6) is 0. The van der Waals surface area contributed by atoms with Crippen LogP contribution in [0.4, 0.5) is 0 Å². The molecule has 0 amide bonds. The molecule has 0 bridgehead atoms. The van der Waals surface area contributed by atoms with Gasteiger partial charge in [-0.25, -0.2) is 0 Å². The molecule has 2 nitrogen and oxygen atoms in total. The van der Waals surface area contributed by atoms with Crippen molar-refractivity contribution < 1.29 is 9.53 Å². The zero-order valence-corrected chi connectivity index (χ0v) is 7.71. The van der Waals surface area contributed by atoms with E-state index < -0.39 is 0 Å². The Labute approximate surface area is 79.8 Å². The molecule has 2 aromatic rings. The van der Waals surface area contributed by atoms with Gasteiger partial charge in [0, 0.05) is 4.70 Å². The van der Waals surface area contributed by atoms with Gasteiger partial charge in [-0.1, -0.05) is 12.1 Å². The predicted molar refractivity (Wildman–Crippen MR) is 52.7 cm³/mol. The van der Waals surface area contributed by atoms with E-state index in [0.29, 0.717) is 13.1 Å². The summed E-state index contributed by atoms with van der Waals surface area (Å²) in [6.45, 7) is 0.836.